The van der Waals surface area contributed by atoms with Crippen LogP contribution in [-0.2, 0) is 6.42 Å². The Kier molecular flexibility index (Phi) is 5.70. The first kappa shape index (κ1) is 15.6. The van der Waals surface area contributed by atoms with Gasteiger partial charge in [0.15, 0.2) is 0 Å². The lowest BCUT2D eigenvalue weighted by molar-refractivity contribution is 0.346. The number of nitrogens with two attached hydrogens (primary N) is 1. The van der Waals surface area contributed by atoms with Crippen LogP contribution in [0, 0.1) is 0 Å². The molecule has 1 saturated heterocycles. The Hall–Kier alpha value is -0.770. The highest BCUT2D eigenvalue weighted by Crippen LogP contribution is 2.26. The fraction of sp³-hybridized carbons (Fsp3) is 0.625. The molecule has 1 aliphatic rings. The van der Waals surface area contributed by atoms with E-state index in [4.69, 9.17) is 17.3 Å². The van der Waals surface area contributed by atoms with Gasteiger partial charge < -0.3 is 15.5 Å². The highest BCUT2D eigenvalue weighted by molar-refractivity contribution is 6.33. The van der Waals surface area contributed by atoms with E-state index in [1.54, 1.807) is 0 Å². The minimum atomic E-state index is 0.171. The van der Waals surface area contributed by atoms with E-state index in [1.165, 1.54) is 31.5 Å². The highest BCUT2D eigenvalue weighted by atomic mass is 35.5. The molecule has 1 atom stereocenters. The Labute approximate surface area is 127 Å². The summed E-state index contributed by atoms with van der Waals surface area (Å²) < 4.78 is 0. The van der Waals surface area contributed by atoms with Crippen molar-refractivity contribution < 1.29 is 0 Å². The molecule has 1 heterocycles. The van der Waals surface area contributed by atoms with Gasteiger partial charge in [-0.05, 0) is 57.0 Å². The molecule has 1 fully saturated rings. The third-order valence-electron chi connectivity index (χ3n) is 3.93. The van der Waals surface area contributed by atoms with Crippen molar-refractivity contribution in [2.75, 3.05) is 38.1 Å². The summed E-state index contributed by atoms with van der Waals surface area (Å²) >= 11 is 6.41. The van der Waals surface area contributed by atoms with Crippen molar-refractivity contribution in [2.24, 2.45) is 5.73 Å². The predicted molar refractivity (Wildman–Crippen MR) is 87.7 cm³/mol. The SMILES string of the molecule is CC(N)Cc1ccc(N(C)CCN2CCCC2)c(Cl)c1. The molecule has 1 aromatic rings. The van der Waals surface area contributed by atoms with Crippen molar-refractivity contribution in [3.8, 4) is 0 Å². The lowest BCUT2D eigenvalue weighted by atomic mass is 10.1. The number of hydrogen-bond acceptors (Lipinski definition) is 3. The Morgan fingerprint density at radius 1 is 1.35 bits per heavy atom. The van der Waals surface area contributed by atoms with Crippen LogP contribution in [-0.4, -0.2) is 44.2 Å². The maximum absolute atomic E-state index is 6.41. The van der Waals surface area contributed by atoms with Gasteiger partial charge in [0.2, 0.25) is 0 Å². The third-order valence-corrected chi connectivity index (χ3v) is 4.23. The standard InChI is InChI=1S/C16H26ClN3/c1-13(18)11-14-5-6-16(15(17)12-14)19(2)9-10-20-7-3-4-8-20/h5-6,12-13H,3-4,7-11,18H2,1-2H3. The smallest absolute Gasteiger partial charge is 0.0642 e. The average molecular weight is 296 g/mol. The largest absolute Gasteiger partial charge is 0.372 e. The second-order valence-corrected chi connectivity index (χ2v) is 6.34. The summed E-state index contributed by atoms with van der Waals surface area (Å²) in [6.07, 6.45) is 3.56. The summed E-state index contributed by atoms with van der Waals surface area (Å²) in [7, 11) is 2.11. The van der Waals surface area contributed by atoms with Crippen LogP contribution in [0.2, 0.25) is 5.02 Å². The molecular weight excluding hydrogens is 270 g/mol. The van der Waals surface area contributed by atoms with Crippen LogP contribution in [0.1, 0.15) is 25.3 Å². The lowest BCUT2D eigenvalue weighted by Crippen LogP contribution is -2.31. The van der Waals surface area contributed by atoms with E-state index in [0.29, 0.717) is 0 Å². The number of likely N-dealkylation sites (N-methyl/N-ethyl adjacent to an activating group) is 1. The van der Waals surface area contributed by atoms with E-state index in [1.807, 2.05) is 13.0 Å². The van der Waals surface area contributed by atoms with E-state index in [2.05, 4.69) is 29.0 Å². The molecule has 1 aliphatic heterocycles. The summed E-state index contributed by atoms with van der Waals surface area (Å²) in [5.41, 5.74) is 8.15. The van der Waals surface area contributed by atoms with Gasteiger partial charge in [0.05, 0.1) is 10.7 Å². The molecular formula is C16H26ClN3. The van der Waals surface area contributed by atoms with Crippen LogP contribution in [0.5, 0.6) is 0 Å². The molecule has 0 bridgehead atoms. The van der Waals surface area contributed by atoms with Crippen molar-refractivity contribution in [2.45, 2.75) is 32.2 Å². The van der Waals surface area contributed by atoms with E-state index in [-0.39, 0.29) is 6.04 Å². The first-order valence-electron chi connectivity index (χ1n) is 7.54. The molecule has 112 valence electrons. The fourth-order valence-corrected chi connectivity index (χ4v) is 3.12. The molecule has 0 saturated carbocycles. The van der Waals surface area contributed by atoms with Gasteiger partial charge in [-0.1, -0.05) is 17.7 Å². The summed E-state index contributed by atoms with van der Waals surface area (Å²) in [4.78, 5) is 4.77. The van der Waals surface area contributed by atoms with Crippen LogP contribution in [0.3, 0.4) is 0 Å². The van der Waals surface area contributed by atoms with Gasteiger partial charge in [0.25, 0.3) is 0 Å². The van der Waals surface area contributed by atoms with Crippen LogP contribution >= 0.6 is 11.6 Å². The van der Waals surface area contributed by atoms with Crippen molar-refractivity contribution in [3.63, 3.8) is 0 Å². The number of likely N-dealkylation sites (tertiary alicyclic amines) is 1. The predicted octanol–water partition coefficient (Wildman–Crippen LogP) is 2.76. The van der Waals surface area contributed by atoms with E-state index in [9.17, 15) is 0 Å². The molecule has 2 rings (SSSR count). The Balaban J connectivity index is 1.93. The molecule has 2 N–H and O–H groups in total. The second kappa shape index (κ2) is 7.30. The van der Waals surface area contributed by atoms with Crippen molar-refractivity contribution in [1.29, 1.82) is 0 Å². The maximum atomic E-state index is 6.41. The maximum Gasteiger partial charge on any atom is 0.0642 e. The number of anilines is 1. The van der Waals surface area contributed by atoms with Gasteiger partial charge in [0.1, 0.15) is 0 Å². The average Bonchev–Trinajstić information content (AvgIpc) is 2.88. The van der Waals surface area contributed by atoms with Crippen LogP contribution in [0.4, 0.5) is 5.69 Å². The molecule has 0 spiro atoms. The molecule has 1 aromatic carbocycles. The number of benzene rings is 1. The second-order valence-electron chi connectivity index (χ2n) is 5.94. The zero-order valence-corrected chi connectivity index (χ0v) is 13.4. The van der Waals surface area contributed by atoms with Crippen molar-refractivity contribution in [3.05, 3.63) is 28.8 Å². The van der Waals surface area contributed by atoms with E-state index < -0.39 is 0 Å². The zero-order chi connectivity index (χ0) is 14.5. The lowest BCUT2D eigenvalue weighted by Gasteiger charge is -2.24. The number of halogens is 1. The molecule has 20 heavy (non-hydrogen) atoms. The van der Waals surface area contributed by atoms with Crippen LogP contribution < -0.4 is 10.6 Å². The fourth-order valence-electron chi connectivity index (χ4n) is 2.78. The summed E-state index contributed by atoms with van der Waals surface area (Å²) in [5.74, 6) is 0. The molecule has 3 nitrogen and oxygen atoms in total. The van der Waals surface area contributed by atoms with Gasteiger partial charge in [-0.2, -0.15) is 0 Å². The number of hydrogen-bond donors (Lipinski definition) is 1. The molecule has 0 radical (unpaired) electrons. The first-order valence-corrected chi connectivity index (χ1v) is 7.91. The molecule has 0 aromatic heterocycles. The topological polar surface area (TPSA) is 32.5 Å². The Morgan fingerprint density at radius 2 is 2.05 bits per heavy atom. The third kappa shape index (κ3) is 4.37. The van der Waals surface area contributed by atoms with Gasteiger partial charge in [0, 0.05) is 26.2 Å². The van der Waals surface area contributed by atoms with Crippen molar-refractivity contribution in [1.82, 2.24) is 4.90 Å². The quantitative estimate of drug-likeness (QED) is 0.876. The number of rotatable bonds is 6. The molecule has 0 aliphatic carbocycles. The zero-order valence-electron chi connectivity index (χ0n) is 12.6. The van der Waals surface area contributed by atoms with Gasteiger partial charge >= 0.3 is 0 Å². The monoisotopic (exact) mass is 295 g/mol. The van der Waals surface area contributed by atoms with Crippen molar-refractivity contribution >= 4 is 17.3 Å². The molecule has 1 unspecified atom stereocenters. The highest BCUT2D eigenvalue weighted by Gasteiger charge is 2.13. The normalized spacial score (nSPS) is 17.4. The first-order chi connectivity index (χ1) is 9.56. The van der Waals surface area contributed by atoms with E-state index in [0.717, 1.165) is 30.2 Å². The van der Waals surface area contributed by atoms with Crippen LogP contribution in [0.15, 0.2) is 18.2 Å². The van der Waals surface area contributed by atoms with Crippen LogP contribution in [0.25, 0.3) is 0 Å². The van der Waals surface area contributed by atoms with E-state index >= 15 is 0 Å². The molecule has 0 amide bonds. The minimum Gasteiger partial charge on any atom is -0.372 e. The minimum absolute atomic E-state index is 0.171. The number of nitrogens with zero attached hydrogens (tertiary/aromatic N) is 2. The van der Waals surface area contributed by atoms with Gasteiger partial charge in [-0.15, -0.1) is 0 Å². The summed E-state index contributed by atoms with van der Waals surface area (Å²) in [6.45, 7) is 6.65. The summed E-state index contributed by atoms with van der Waals surface area (Å²) in [5, 5.41) is 0.826. The van der Waals surface area contributed by atoms with Gasteiger partial charge in [-0.25, -0.2) is 0 Å². The Morgan fingerprint density at radius 3 is 2.65 bits per heavy atom. The summed E-state index contributed by atoms with van der Waals surface area (Å²) in [6, 6.07) is 6.47. The van der Waals surface area contributed by atoms with Gasteiger partial charge in [-0.3, -0.25) is 0 Å². The Bertz CT molecular complexity index is 428. The molecule has 4 heteroatoms.